The van der Waals surface area contributed by atoms with Gasteiger partial charge in [0.15, 0.2) is 0 Å². The van der Waals surface area contributed by atoms with Crippen LogP contribution in [0, 0.1) is 17.3 Å². The van der Waals surface area contributed by atoms with E-state index in [1.54, 1.807) is 19.3 Å². The summed E-state index contributed by atoms with van der Waals surface area (Å²) in [7, 11) is 1.66. The smallest absolute Gasteiger partial charge is 0.268 e. The van der Waals surface area contributed by atoms with Gasteiger partial charge in [-0.1, -0.05) is 0 Å². The van der Waals surface area contributed by atoms with Gasteiger partial charge >= 0.3 is 0 Å². The van der Waals surface area contributed by atoms with Gasteiger partial charge in [0.05, 0.1) is 11.9 Å². The number of hydrogen-bond donors (Lipinski definition) is 2. The summed E-state index contributed by atoms with van der Waals surface area (Å²) in [6.45, 7) is 4.72. The van der Waals surface area contributed by atoms with Crippen molar-refractivity contribution in [2.24, 2.45) is 24.3 Å². The fourth-order valence-corrected chi connectivity index (χ4v) is 4.59. The molecule has 7 heteroatoms. The first-order valence-electron chi connectivity index (χ1n) is 9.84. The molecule has 1 atom stereocenters. The fourth-order valence-electron chi connectivity index (χ4n) is 4.59. The molecule has 1 aromatic heterocycles. The van der Waals surface area contributed by atoms with Crippen LogP contribution >= 0.6 is 0 Å². The van der Waals surface area contributed by atoms with Crippen LogP contribution in [0.3, 0.4) is 0 Å². The topological polar surface area (TPSA) is 79.3 Å². The number of carbonyl (C=O) groups is 1. The van der Waals surface area contributed by atoms with Gasteiger partial charge in [-0.3, -0.25) is 9.59 Å². The average Bonchev–Trinajstić information content (AvgIpc) is 3.36. The monoisotopic (exact) mass is 359 g/mol. The number of nitrogens with zero attached hydrogens (tertiary/aromatic N) is 3. The SMILES string of the molecule is Cn1ncc(N2CCC(CNC(=O)[C@H]3CC34CCNCC4)CC2)cc1=O. The molecule has 3 heterocycles. The predicted molar refractivity (Wildman–Crippen MR) is 100 cm³/mol. The number of amides is 1. The normalized spacial score (nSPS) is 25.3. The van der Waals surface area contributed by atoms with Crippen molar-refractivity contribution in [3.8, 4) is 0 Å². The van der Waals surface area contributed by atoms with Gasteiger partial charge < -0.3 is 15.5 Å². The standard InChI is InChI=1S/C19H29N5O2/c1-23-17(25)10-15(13-22-23)24-8-2-14(3-9-24)12-21-18(26)16-11-19(16)4-6-20-7-5-19/h10,13-14,16,20H,2-9,11-12H2,1H3,(H,21,26)/t16-/m1/s1. The summed E-state index contributed by atoms with van der Waals surface area (Å²) >= 11 is 0. The van der Waals surface area contributed by atoms with Crippen LogP contribution in [0.4, 0.5) is 5.69 Å². The molecule has 7 nitrogen and oxygen atoms in total. The van der Waals surface area contributed by atoms with Crippen LogP contribution in [0.15, 0.2) is 17.1 Å². The lowest BCUT2D eigenvalue weighted by Crippen LogP contribution is -2.40. The van der Waals surface area contributed by atoms with E-state index in [0.717, 1.165) is 70.5 Å². The zero-order valence-electron chi connectivity index (χ0n) is 15.5. The maximum Gasteiger partial charge on any atom is 0.268 e. The van der Waals surface area contributed by atoms with Crippen LogP contribution in [0.5, 0.6) is 0 Å². The highest BCUT2D eigenvalue weighted by Gasteiger charge is 2.57. The van der Waals surface area contributed by atoms with Crippen molar-refractivity contribution in [1.29, 1.82) is 0 Å². The first-order valence-corrected chi connectivity index (χ1v) is 9.84. The molecule has 1 spiro atoms. The third-order valence-corrected chi connectivity index (χ3v) is 6.60. The van der Waals surface area contributed by atoms with Gasteiger partial charge in [-0.2, -0.15) is 5.10 Å². The van der Waals surface area contributed by atoms with E-state index >= 15 is 0 Å². The molecular weight excluding hydrogens is 330 g/mol. The van der Waals surface area contributed by atoms with Gasteiger partial charge in [0.25, 0.3) is 5.56 Å². The zero-order valence-corrected chi connectivity index (χ0v) is 15.5. The molecule has 3 aliphatic rings. The molecule has 0 aromatic carbocycles. The largest absolute Gasteiger partial charge is 0.370 e. The van der Waals surface area contributed by atoms with E-state index in [1.807, 2.05) is 0 Å². The fraction of sp³-hybridized carbons (Fsp3) is 0.737. The number of aromatic nitrogens is 2. The van der Waals surface area contributed by atoms with Crippen molar-refractivity contribution >= 4 is 11.6 Å². The number of rotatable bonds is 4. The van der Waals surface area contributed by atoms with Gasteiger partial charge in [0, 0.05) is 38.7 Å². The van der Waals surface area contributed by atoms with Crippen molar-refractivity contribution in [2.45, 2.75) is 32.1 Å². The predicted octanol–water partition coefficient (Wildman–Crippen LogP) is 0.503. The van der Waals surface area contributed by atoms with Crippen LogP contribution in [0.25, 0.3) is 0 Å². The highest BCUT2D eigenvalue weighted by atomic mass is 16.2. The van der Waals surface area contributed by atoms with Crippen LogP contribution in [-0.4, -0.2) is 48.4 Å². The highest BCUT2D eigenvalue weighted by molar-refractivity contribution is 5.82. The molecule has 0 unspecified atom stereocenters. The van der Waals surface area contributed by atoms with E-state index in [-0.39, 0.29) is 17.4 Å². The molecule has 1 amide bonds. The Hall–Kier alpha value is -1.89. The number of hydrogen-bond acceptors (Lipinski definition) is 5. The molecule has 0 bridgehead atoms. The number of nitrogens with one attached hydrogen (secondary N) is 2. The van der Waals surface area contributed by atoms with E-state index in [4.69, 9.17) is 0 Å². The Morgan fingerprint density at radius 1 is 1.35 bits per heavy atom. The molecule has 2 aliphatic heterocycles. The second-order valence-electron chi connectivity index (χ2n) is 8.22. The number of carbonyl (C=O) groups excluding carboxylic acids is 1. The molecule has 26 heavy (non-hydrogen) atoms. The van der Waals surface area contributed by atoms with E-state index in [2.05, 4.69) is 20.6 Å². The summed E-state index contributed by atoms with van der Waals surface area (Å²) in [5, 5.41) is 10.7. The van der Waals surface area contributed by atoms with Crippen molar-refractivity contribution in [2.75, 3.05) is 37.6 Å². The molecule has 1 saturated carbocycles. The molecule has 1 aliphatic carbocycles. The molecule has 2 N–H and O–H groups in total. The maximum atomic E-state index is 12.5. The minimum Gasteiger partial charge on any atom is -0.370 e. The molecule has 1 aromatic rings. The third kappa shape index (κ3) is 3.49. The summed E-state index contributed by atoms with van der Waals surface area (Å²) in [5.74, 6) is 1.04. The van der Waals surface area contributed by atoms with Crippen LogP contribution in [-0.2, 0) is 11.8 Å². The van der Waals surface area contributed by atoms with Crippen LogP contribution < -0.4 is 21.1 Å². The minimum absolute atomic E-state index is 0.0758. The lowest BCUT2D eigenvalue weighted by Gasteiger charge is -2.33. The maximum absolute atomic E-state index is 12.5. The van der Waals surface area contributed by atoms with Gasteiger partial charge in [-0.15, -0.1) is 0 Å². The molecular formula is C19H29N5O2. The van der Waals surface area contributed by atoms with E-state index in [1.165, 1.54) is 4.68 Å². The molecule has 0 radical (unpaired) electrons. The minimum atomic E-state index is -0.0758. The zero-order chi connectivity index (χ0) is 18.1. The molecule has 142 valence electrons. The number of anilines is 1. The summed E-state index contributed by atoms with van der Waals surface area (Å²) in [6, 6.07) is 1.65. The molecule has 2 saturated heterocycles. The Kier molecular flexibility index (Phi) is 4.73. The Morgan fingerprint density at radius 2 is 2.08 bits per heavy atom. The van der Waals surface area contributed by atoms with E-state index < -0.39 is 0 Å². The lowest BCUT2D eigenvalue weighted by molar-refractivity contribution is -0.123. The van der Waals surface area contributed by atoms with E-state index in [0.29, 0.717) is 11.3 Å². The first kappa shape index (κ1) is 17.5. The summed E-state index contributed by atoms with van der Waals surface area (Å²) in [6.07, 6.45) is 7.20. The Balaban J connectivity index is 1.22. The van der Waals surface area contributed by atoms with Crippen LogP contribution in [0.2, 0.25) is 0 Å². The van der Waals surface area contributed by atoms with Crippen molar-refractivity contribution in [3.05, 3.63) is 22.6 Å². The van der Waals surface area contributed by atoms with Gasteiger partial charge in [-0.05, 0) is 56.5 Å². The lowest BCUT2D eigenvalue weighted by atomic mass is 9.91. The average molecular weight is 359 g/mol. The first-order chi connectivity index (χ1) is 12.6. The number of aryl methyl sites for hydroxylation is 1. The quantitative estimate of drug-likeness (QED) is 0.819. The summed E-state index contributed by atoms with van der Waals surface area (Å²) in [4.78, 5) is 26.5. The van der Waals surface area contributed by atoms with Crippen LogP contribution in [0.1, 0.15) is 32.1 Å². The second-order valence-corrected chi connectivity index (χ2v) is 8.22. The number of piperidine rings is 2. The summed E-state index contributed by atoms with van der Waals surface area (Å²) in [5.41, 5.74) is 1.14. The Labute approximate surface area is 154 Å². The highest BCUT2D eigenvalue weighted by Crippen LogP contribution is 2.58. The van der Waals surface area contributed by atoms with Crippen molar-refractivity contribution in [1.82, 2.24) is 20.4 Å². The molecule has 3 fully saturated rings. The van der Waals surface area contributed by atoms with Gasteiger partial charge in [-0.25, -0.2) is 4.68 Å². The second kappa shape index (κ2) is 7.02. The molecule has 4 rings (SSSR count). The van der Waals surface area contributed by atoms with Gasteiger partial charge in [0.2, 0.25) is 5.91 Å². The van der Waals surface area contributed by atoms with E-state index in [9.17, 15) is 9.59 Å². The van der Waals surface area contributed by atoms with Gasteiger partial charge in [0.1, 0.15) is 0 Å². The van der Waals surface area contributed by atoms with Crippen molar-refractivity contribution < 1.29 is 4.79 Å². The van der Waals surface area contributed by atoms with Crippen molar-refractivity contribution in [3.63, 3.8) is 0 Å². The third-order valence-electron chi connectivity index (χ3n) is 6.60. The summed E-state index contributed by atoms with van der Waals surface area (Å²) < 4.78 is 1.35. The Morgan fingerprint density at radius 3 is 2.77 bits per heavy atom. The Bertz CT molecular complexity index is 717.